The van der Waals surface area contributed by atoms with Crippen LogP contribution >= 0.6 is 11.6 Å². The van der Waals surface area contributed by atoms with Crippen LogP contribution in [0.4, 0.5) is 14.9 Å². The molecule has 3 amide bonds. The van der Waals surface area contributed by atoms with Gasteiger partial charge in [-0.25, -0.2) is 14.2 Å². The molecule has 1 fully saturated rings. The van der Waals surface area contributed by atoms with Crippen molar-refractivity contribution >= 4 is 41.0 Å². The summed E-state index contributed by atoms with van der Waals surface area (Å²) in [5, 5.41) is 5.56. The van der Waals surface area contributed by atoms with E-state index in [0.717, 1.165) is 6.07 Å². The molecule has 10 nitrogen and oxygen atoms in total. The van der Waals surface area contributed by atoms with Gasteiger partial charge >= 0.3 is 6.09 Å². The maximum Gasteiger partial charge on any atom is 0.410 e. The van der Waals surface area contributed by atoms with Crippen molar-refractivity contribution < 1.29 is 28.3 Å². The molecule has 40 heavy (non-hydrogen) atoms. The predicted molar refractivity (Wildman–Crippen MR) is 146 cm³/mol. The van der Waals surface area contributed by atoms with Gasteiger partial charge in [0.25, 0.3) is 11.8 Å². The average Bonchev–Trinajstić information content (AvgIpc) is 3.54. The SMILES string of the molecule is CC(C)(C)OC(=O)N1CC[C@H](NC(=O)c2[nH]cnc2C(=O)Nc2ccc(CC(=O)c3ccc(F)cc3Cl)cc2)C1. The molecule has 2 aromatic carbocycles. The number of aromatic amines is 1. The Bertz CT molecular complexity index is 1430. The van der Waals surface area contributed by atoms with Gasteiger partial charge in [-0.2, -0.15) is 0 Å². The number of nitrogens with zero attached hydrogens (tertiary/aromatic N) is 2. The van der Waals surface area contributed by atoms with Crippen LogP contribution in [-0.2, 0) is 11.2 Å². The molecule has 0 radical (unpaired) electrons. The van der Waals surface area contributed by atoms with E-state index >= 15 is 0 Å². The zero-order chi connectivity index (χ0) is 29.0. The Morgan fingerprint density at radius 3 is 2.52 bits per heavy atom. The summed E-state index contributed by atoms with van der Waals surface area (Å²) >= 11 is 5.98. The van der Waals surface area contributed by atoms with Gasteiger partial charge in [-0.3, -0.25) is 14.4 Å². The molecule has 210 valence electrons. The second kappa shape index (κ2) is 11.9. The van der Waals surface area contributed by atoms with Crippen LogP contribution in [0, 0.1) is 5.82 Å². The highest BCUT2D eigenvalue weighted by molar-refractivity contribution is 6.34. The van der Waals surface area contributed by atoms with E-state index < -0.39 is 29.3 Å². The summed E-state index contributed by atoms with van der Waals surface area (Å²) in [6, 6.07) is 9.86. The van der Waals surface area contributed by atoms with E-state index in [1.54, 1.807) is 45.0 Å². The first-order chi connectivity index (χ1) is 18.9. The zero-order valence-corrected chi connectivity index (χ0v) is 23.0. The van der Waals surface area contributed by atoms with Crippen LogP contribution in [0.3, 0.4) is 0 Å². The van der Waals surface area contributed by atoms with E-state index in [4.69, 9.17) is 16.3 Å². The van der Waals surface area contributed by atoms with Crippen molar-refractivity contribution in [2.45, 2.75) is 45.3 Å². The number of ketones is 1. The summed E-state index contributed by atoms with van der Waals surface area (Å²) in [6.07, 6.45) is 1.39. The van der Waals surface area contributed by atoms with Gasteiger partial charge < -0.3 is 25.3 Å². The Labute approximate surface area is 235 Å². The van der Waals surface area contributed by atoms with Crippen molar-refractivity contribution in [1.82, 2.24) is 20.2 Å². The zero-order valence-electron chi connectivity index (χ0n) is 22.2. The number of aromatic nitrogens is 2. The fourth-order valence-electron chi connectivity index (χ4n) is 4.16. The number of hydrogen-bond donors (Lipinski definition) is 3. The van der Waals surface area contributed by atoms with E-state index in [9.17, 15) is 23.6 Å². The largest absolute Gasteiger partial charge is 0.444 e. The Hall–Kier alpha value is -4.25. The molecule has 3 aromatic rings. The molecule has 3 N–H and O–H groups in total. The number of likely N-dealkylation sites (tertiary alicyclic amines) is 1. The van der Waals surface area contributed by atoms with Crippen molar-refractivity contribution in [1.29, 1.82) is 0 Å². The van der Waals surface area contributed by atoms with Crippen LogP contribution < -0.4 is 10.6 Å². The first-order valence-corrected chi connectivity index (χ1v) is 13.0. The lowest BCUT2D eigenvalue weighted by Gasteiger charge is -2.24. The highest BCUT2D eigenvalue weighted by atomic mass is 35.5. The minimum Gasteiger partial charge on any atom is -0.444 e. The van der Waals surface area contributed by atoms with Gasteiger partial charge in [0.05, 0.1) is 11.3 Å². The third kappa shape index (κ3) is 7.23. The Morgan fingerprint density at radius 1 is 1.12 bits per heavy atom. The summed E-state index contributed by atoms with van der Waals surface area (Å²) in [7, 11) is 0. The van der Waals surface area contributed by atoms with Gasteiger partial charge in [0.1, 0.15) is 17.1 Å². The van der Waals surface area contributed by atoms with Crippen molar-refractivity contribution in [3.8, 4) is 0 Å². The fourth-order valence-corrected chi connectivity index (χ4v) is 4.43. The van der Waals surface area contributed by atoms with Gasteiger partial charge in [-0.1, -0.05) is 23.7 Å². The van der Waals surface area contributed by atoms with Crippen molar-refractivity contribution in [2.24, 2.45) is 0 Å². The molecule has 1 saturated heterocycles. The van der Waals surface area contributed by atoms with Crippen molar-refractivity contribution in [3.05, 3.63) is 82.1 Å². The summed E-state index contributed by atoms with van der Waals surface area (Å²) in [4.78, 5) is 58.8. The molecule has 0 unspecified atom stereocenters. The van der Waals surface area contributed by atoms with Crippen LogP contribution in [-0.4, -0.2) is 63.3 Å². The second-order valence-corrected chi connectivity index (χ2v) is 10.8. The summed E-state index contributed by atoms with van der Waals surface area (Å²) in [5.74, 6) is -1.92. The molecule has 0 aliphatic carbocycles. The van der Waals surface area contributed by atoms with Crippen LogP contribution in [0.15, 0.2) is 48.8 Å². The lowest BCUT2D eigenvalue weighted by Crippen LogP contribution is -2.40. The van der Waals surface area contributed by atoms with Crippen LogP contribution in [0.5, 0.6) is 0 Å². The van der Waals surface area contributed by atoms with Crippen molar-refractivity contribution in [2.75, 3.05) is 18.4 Å². The molecule has 12 heteroatoms. The number of amides is 3. The van der Waals surface area contributed by atoms with E-state index in [-0.39, 0.29) is 40.2 Å². The topological polar surface area (TPSA) is 133 Å². The molecule has 1 aliphatic heterocycles. The average molecular weight is 570 g/mol. The number of Topliss-reactive ketones (excluding diaryl/α,β-unsaturated/α-hetero) is 1. The first kappa shape index (κ1) is 28.8. The van der Waals surface area contributed by atoms with Crippen LogP contribution in [0.1, 0.15) is 64.1 Å². The molecule has 1 atom stereocenters. The van der Waals surface area contributed by atoms with Gasteiger partial charge in [0.15, 0.2) is 11.5 Å². The second-order valence-electron chi connectivity index (χ2n) is 10.4. The number of anilines is 1. The third-order valence-electron chi connectivity index (χ3n) is 6.06. The van der Waals surface area contributed by atoms with Gasteiger partial charge in [-0.05, 0) is 63.1 Å². The molecule has 1 aromatic heterocycles. The molecule has 0 saturated carbocycles. The highest BCUT2D eigenvalue weighted by Gasteiger charge is 2.32. The van der Waals surface area contributed by atoms with Gasteiger partial charge in [-0.15, -0.1) is 0 Å². The molecule has 2 heterocycles. The van der Waals surface area contributed by atoms with Gasteiger partial charge in [0.2, 0.25) is 0 Å². The normalized spacial score (nSPS) is 15.0. The summed E-state index contributed by atoms with van der Waals surface area (Å²) < 4.78 is 18.6. The Morgan fingerprint density at radius 2 is 1.85 bits per heavy atom. The molecule has 0 spiro atoms. The van der Waals surface area contributed by atoms with Crippen LogP contribution in [0.2, 0.25) is 5.02 Å². The molecule has 0 bridgehead atoms. The number of carbonyl (C=O) groups excluding carboxylic acids is 4. The van der Waals surface area contributed by atoms with E-state index in [1.165, 1.54) is 23.4 Å². The van der Waals surface area contributed by atoms with Gasteiger partial charge in [0, 0.05) is 36.8 Å². The number of imidazole rings is 1. The predicted octanol–water partition coefficient (Wildman–Crippen LogP) is 4.62. The standard InChI is InChI=1S/C28H29ClFN5O5/c1-28(2,3)40-27(39)35-11-10-19(14-35)34-26(38)24-23(31-15-32-24)25(37)33-18-7-4-16(5-8-18)12-22(36)20-9-6-17(30)13-21(20)29/h4-9,13,15,19H,10-12,14H2,1-3H3,(H,31,32)(H,33,37)(H,34,38)/t19-/m0/s1. The number of ether oxygens (including phenoxy) is 1. The third-order valence-corrected chi connectivity index (χ3v) is 6.38. The number of nitrogens with one attached hydrogen (secondary N) is 3. The molecular formula is C28H29ClFN5O5. The maximum absolute atomic E-state index is 13.3. The van der Waals surface area contributed by atoms with E-state index in [0.29, 0.717) is 30.8 Å². The van der Waals surface area contributed by atoms with Crippen LogP contribution in [0.25, 0.3) is 0 Å². The number of halogens is 2. The van der Waals surface area contributed by atoms with Crippen molar-refractivity contribution in [3.63, 3.8) is 0 Å². The minimum absolute atomic E-state index is 0.00777. The summed E-state index contributed by atoms with van der Waals surface area (Å²) in [6.45, 7) is 6.08. The monoisotopic (exact) mass is 569 g/mol. The quantitative estimate of drug-likeness (QED) is 0.356. The number of rotatable bonds is 7. The van der Waals surface area contributed by atoms with E-state index in [1.807, 2.05) is 0 Å². The first-order valence-electron chi connectivity index (χ1n) is 12.6. The Balaban J connectivity index is 1.33. The number of benzene rings is 2. The molecule has 1 aliphatic rings. The maximum atomic E-state index is 13.3. The molecule has 4 rings (SSSR count). The smallest absolute Gasteiger partial charge is 0.410 e. The lowest BCUT2D eigenvalue weighted by molar-refractivity contribution is 0.0289. The lowest BCUT2D eigenvalue weighted by atomic mass is 10.0. The number of hydrogen-bond acceptors (Lipinski definition) is 6. The Kier molecular flexibility index (Phi) is 8.53. The van der Waals surface area contributed by atoms with E-state index in [2.05, 4.69) is 20.6 Å². The highest BCUT2D eigenvalue weighted by Crippen LogP contribution is 2.21. The fraction of sp³-hybridized carbons (Fsp3) is 0.321. The number of carbonyl (C=O) groups is 4. The molecular weight excluding hydrogens is 541 g/mol. The summed E-state index contributed by atoms with van der Waals surface area (Å²) in [5.41, 5.74) is 0.600. The minimum atomic E-state index is -0.618. The number of H-pyrrole nitrogens is 1.